The SMILES string of the molecule is CCn1c(OC(=O)O)cc2cc(Cl)ccc21. The highest BCUT2D eigenvalue weighted by atomic mass is 35.5. The van der Waals surface area contributed by atoms with Gasteiger partial charge < -0.3 is 14.4 Å². The zero-order valence-corrected chi connectivity index (χ0v) is 9.36. The molecule has 0 aliphatic rings. The highest BCUT2D eigenvalue weighted by Gasteiger charge is 2.11. The number of halogens is 1. The number of fused-ring (bicyclic) bond motifs is 1. The first-order valence-electron chi connectivity index (χ1n) is 4.81. The van der Waals surface area contributed by atoms with E-state index in [0.29, 0.717) is 17.4 Å². The van der Waals surface area contributed by atoms with E-state index in [4.69, 9.17) is 21.4 Å². The smallest absolute Gasteiger partial charge is 0.449 e. The molecule has 0 fully saturated rings. The topological polar surface area (TPSA) is 51.5 Å². The summed E-state index contributed by atoms with van der Waals surface area (Å²) >= 11 is 5.86. The van der Waals surface area contributed by atoms with Crippen LogP contribution in [-0.2, 0) is 6.54 Å². The quantitative estimate of drug-likeness (QED) is 0.818. The van der Waals surface area contributed by atoms with Crippen LogP contribution in [0.4, 0.5) is 4.79 Å². The maximum absolute atomic E-state index is 10.5. The van der Waals surface area contributed by atoms with Crippen LogP contribution in [0.3, 0.4) is 0 Å². The van der Waals surface area contributed by atoms with Crippen LogP contribution in [0.25, 0.3) is 10.9 Å². The number of hydrogen-bond acceptors (Lipinski definition) is 2. The van der Waals surface area contributed by atoms with Crippen LogP contribution < -0.4 is 4.74 Å². The molecule has 0 saturated heterocycles. The van der Waals surface area contributed by atoms with Crippen LogP contribution in [0.5, 0.6) is 5.88 Å². The summed E-state index contributed by atoms with van der Waals surface area (Å²) in [6.07, 6.45) is -1.32. The first kappa shape index (κ1) is 10.8. The summed E-state index contributed by atoms with van der Waals surface area (Å²) in [6.45, 7) is 2.55. The lowest BCUT2D eigenvalue weighted by Gasteiger charge is -2.05. The molecular weight excluding hydrogens is 230 g/mol. The molecule has 4 nitrogen and oxygen atoms in total. The van der Waals surface area contributed by atoms with E-state index in [2.05, 4.69) is 0 Å². The Labute approximate surface area is 97.0 Å². The fraction of sp³-hybridized carbons (Fsp3) is 0.182. The van der Waals surface area contributed by atoms with Crippen LogP contribution in [0.1, 0.15) is 6.92 Å². The number of rotatable bonds is 2. The van der Waals surface area contributed by atoms with E-state index in [9.17, 15) is 4.79 Å². The minimum atomic E-state index is -1.32. The maximum Gasteiger partial charge on any atom is 0.512 e. The van der Waals surface area contributed by atoms with Crippen molar-refractivity contribution in [3.8, 4) is 5.88 Å². The third-order valence-corrected chi connectivity index (χ3v) is 2.57. The average Bonchev–Trinajstić information content (AvgIpc) is 2.52. The van der Waals surface area contributed by atoms with E-state index in [1.54, 1.807) is 22.8 Å². The van der Waals surface area contributed by atoms with Gasteiger partial charge in [0, 0.05) is 23.0 Å². The van der Waals surface area contributed by atoms with E-state index in [0.717, 1.165) is 10.9 Å². The third-order valence-electron chi connectivity index (χ3n) is 2.33. The molecular formula is C11H10ClNO3. The van der Waals surface area contributed by atoms with Gasteiger partial charge in [-0.2, -0.15) is 0 Å². The molecule has 84 valence electrons. The van der Waals surface area contributed by atoms with Crippen molar-refractivity contribution in [2.75, 3.05) is 0 Å². The zero-order chi connectivity index (χ0) is 11.7. The molecule has 5 heteroatoms. The molecule has 0 spiro atoms. The van der Waals surface area contributed by atoms with Gasteiger partial charge in [0.1, 0.15) is 0 Å². The Hall–Kier alpha value is -1.68. The Bertz CT molecular complexity index is 547. The molecule has 0 unspecified atom stereocenters. The molecule has 1 N–H and O–H groups in total. The van der Waals surface area contributed by atoms with Crippen molar-refractivity contribution in [3.05, 3.63) is 29.3 Å². The van der Waals surface area contributed by atoms with Crippen LogP contribution in [0.15, 0.2) is 24.3 Å². The molecule has 0 aliphatic heterocycles. The van der Waals surface area contributed by atoms with Gasteiger partial charge in [-0.25, -0.2) is 4.79 Å². The van der Waals surface area contributed by atoms with Crippen molar-refractivity contribution in [1.82, 2.24) is 4.57 Å². The fourth-order valence-corrected chi connectivity index (χ4v) is 1.90. The number of carboxylic acid groups (broad SMARTS) is 1. The molecule has 0 bridgehead atoms. The number of nitrogens with zero attached hydrogens (tertiary/aromatic N) is 1. The molecule has 2 aromatic rings. The van der Waals surface area contributed by atoms with E-state index in [-0.39, 0.29) is 0 Å². The molecule has 0 saturated carbocycles. The average molecular weight is 240 g/mol. The van der Waals surface area contributed by atoms with Gasteiger partial charge in [-0.3, -0.25) is 0 Å². The Morgan fingerprint density at radius 1 is 1.50 bits per heavy atom. The van der Waals surface area contributed by atoms with E-state index >= 15 is 0 Å². The Kier molecular flexibility index (Phi) is 2.75. The van der Waals surface area contributed by atoms with Crippen molar-refractivity contribution in [1.29, 1.82) is 0 Å². The van der Waals surface area contributed by atoms with E-state index in [1.165, 1.54) is 0 Å². The van der Waals surface area contributed by atoms with Gasteiger partial charge in [0.25, 0.3) is 0 Å². The van der Waals surface area contributed by atoms with Crippen LogP contribution in [-0.4, -0.2) is 15.8 Å². The van der Waals surface area contributed by atoms with Crippen molar-refractivity contribution in [3.63, 3.8) is 0 Å². The Morgan fingerprint density at radius 3 is 2.88 bits per heavy atom. The summed E-state index contributed by atoms with van der Waals surface area (Å²) in [7, 11) is 0. The number of carbonyl (C=O) groups is 1. The van der Waals surface area contributed by atoms with Crippen LogP contribution >= 0.6 is 11.6 Å². The van der Waals surface area contributed by atoms with Gasteiger partial charge in [0.15, 0.2) is 0 Å². The largest absolute Gasteiger partial charge is 0.512 e. The number of hydrogen-bond donors (Lipinski definition) is 1. The van der Waals surface area contributed by atoms with Gasteiger partial charge in [-0.05, 0) is 25.1 Å². The Balaban J connectivity index is 2.61. The van der Waals surface area contributed by atoms with Crippen LogP contribution in [0, 0.1) is 0 Å². The lowest BCUT2D eigenvalue weighted by atomic mass is 10.2. The van der Waals surface area contributed by atoms with E-state index in [1.807, 2.05) is 13.0 Å². The molecule has 1 aromatic carbocycles. The first-order valence-corrected chi connectivity index (χ1v) is 5.19. The monoisotopic (exact) mass is 239 g/mol. The van der Waals surface area contributed by atoms with Gasteiger partial charge in [0.05, 0.1) is 5.52 Å². The predicted octanol–water partition coefficient (Wildman–Crippen LogP) is 3.37. The minimum Gasteiger partial charge on any atom is -0.449 e. The summed E-state index contributed by atoms with van der Waals surface area (Å²) in [5.74, 6) is 0.312. The summed E-state index contributed by atoms with van der Waals surface area (Å²) in [5.41, 5.74) is 0.906. The molecule has 1 aromatic heterocycles. The standard InChI is InChI=1S/C11H10ClNO3/c1-2-13-9-4-3-8(12)5-7(9)6-10(13)16-11(14)15/h3-6H,2H2,1H3,(H,14,15). The predicted molar refractivity (Wildman–Crippen MR) is 61.3 cm³/mol. The molecule has 1 heterocycles. The summed E-state index contributed by atoms with van der Waals surface area (Å²) in [5, 5.41) is 10.1. The highest BCUT2D eigenvalue weighted by molar-refractivity contribution is 6.31. The first-order chi connectivity index (χ1) is 7.61. The van der Waals surface area contributed by atoms with Gasteiger partial charge in [0.2, 0.25) is 5.88 Å². The van der Waals surface area contributed by atoms with Crippen molar-refractivity contribution < 1.29 is 14.6 Å². The van der Waals surface area contributed by atoms with Crippen molar-refractivity contribution in [2.24, 2.45) is 0 Å². The summed E-state index contributed by atoms with van der Waals surface area (Å²) in [4.78, 5) is 10.5. The summed E-state index contributed by atoms with van der Waals surface area (Å²) < 4.78 is 6.48. The number of aromatic nitrogens is 1. The van der Waals surface area contributed by atoms with Gasteiger partial charge in [-0.15, -0.1) is 0 Å². The normalized spacial score (nSPS) is 10.6. The fourth-order valence-electron chi connectivity index (χ4n) is 1.72. The minimum absolute atomic E-state index is 0.312. The third kappa shape index (κ3) is 1.84. The molecule has 16 heavy (non-hydrogen) atoms. The molecule has 0 radical (unpaired) electrons. The number of ether oxygens (including phenoxy) is 1. The van der Waals surface area contributed by atoms with Crippen molar-refractivity contribution in [2.45, 2.75) is 13.5 Å². The van der Waals surface area contributed by atoms with Gasteiger partial charge in [-0.1, -0.05) is 11.6 Å². The van der Waals surface area contributed by atoms with Crippen molar-refractivity contribution >= 4 is 28.7 Å². The Morgan fingerprint density at radius 2 is 2.25 bits per heavy atom. The lowest BCUT2D eigenvalue weighted by molar-refractivity contribution is 0.141. The lowest BCUT2D eigenvalue weighted by Crippen LogP contribution is -2.07. The maximum atomic E-state index is 10.5. The summed E-state index contributed by atoms with van der Waals surface area (Å²) in [6, 6.07) is 7.05. The van der Waals surface area contributed by atoms with E-state index < -0.39 is 6.16 Å². The second-order valence-corrected chi connectivity index (χ2v) is 3.73. The second-order valence-electron chi connectivity index (χ2n) is 3.30. The molecule has 0 amide bonds. The number of aryl methyl sites for hydroxylation is 1. The highest BCUT2D eigenvalue weighted by Crippen LogP contribution is 2.27. The van der Waals surface area contributed by atoms with Crippen LogP contribution in [0.2, 0.25) is 5.02 Å². The molecule has 0 atom stereocenters. The molecule has 0 aliphatic carbocycles. The second kappa shape index (κ2) is 4.06. The number of benzene rings is 1. The zero-order valence-electron chi connectivity index (χ0n) is 8.61. The molecule has 2 rings (SSSR count). The van der Waals surface area contributed by atoms with Gasteiger partial charge >= 0.3 is 6.16 Å².